The van der Waals surface area contributed by atoms with Crippen LogP contribution in [0.1, 0.15) is 11.6 Å². The van der Waals surface area contributed by atoms with Crippen LogP contribution in [0.4, 0.5) is 13.2 Å². The molecule has 0 aliphatic heterocycles. The van der Waals surface area contributed by atoms with Gasteiger partial charge in [-0.15, -0.1) is 0 Å². The second kappa shape index (κ2) is 6.88. The van der Waals surface area contributed by atoms with Crippen molar-refractivity contribution in [3.63, 3.8) is 0 Å². The minimum atomic E-state index is -1.19. The van der Waals surface area contributed by atoms with Crippen molar-refractivity contribution in [1.29, 1.82) is 0 Å². The molecule has 1 atom stereocenters. The summed E-state index contributed by atoms with van der Waals surface area (Å²) in [7, 11) is 5.62. The van der Waals surface area contributed by atoms with Gasteiger partial charge in [0.15, 0.2) is 11.6 Å². The van der Waals surface area contributed by atoms with Crippen molar-refractivity contribution >= 4 is 0 Å². The van der Waals surface area contributed by atoms with Gasteiger partial charge in [-0.25, -0.2) is 13.2 Å². The summed E-state index contributed by atoms with van der Waals surface area (Å²) in [5.74, 6) is -3.02. The second-order valence-electron chi connectivity index (χ2n) is 4.82. The van der Waals surface area contributed by atoms with Crippen LogP contribution in [0, 0.1) is 17.5 Å². The van der Waals surface area contributed by atoms with Crippen LogP contribution in [0.2, 0.25) is 0 Å². The normalized spacial score (nSPS) is 13.3. The maximum Gasteiger partial charge on any atom is 0.161 e. The van der Waals surface area contributed by atoms with Gasteiger partial charge >= 0.3 is 0 Å². The smallest absolute Gasteiger partial charge is 0.161 e. The van der Waals surface area contributed by atoms with Gasteiger partial charge in [0, 0.05) is 37.3 Å². The Kier molecular flexibility index (Phi) is 5.78. The van der Waals surface area contributed by atoms with Crippen molar-refractivity contribution < 1.29 is 13.2 Å². The zero-order valence-electron chi connectivity index (χ0n) is 11.5. The molecule has 108 valence electrons. The number of hydrogen-bond acceptors (Lipinski definition) is 3. The van der Waals surface area contributed by atoms with Gasteiger partial charge in [0.2, 0.25) is 0 Å². The van der Waals surface area contributed by atoms with Crippen LogP contribution in [0.5, 0.6) is 0 Å². The number of hydrogen-bond donors (Lipinski definition) is 1. The van der Waals surface area contributed by atoms with Crippen LogP contribution in [0.15, 0.2) is 12.1 Å². The highest BCUT2D eigenvalue weighted by Crippen LogP contribution is 2.23. The van der Waals surface area contributed by atoms with E-state index in [1.807, 2.05) is 23.9 Å². The van der Waals surface area contributed by atoms with Gasteiger partial charge in [-0.1, -0.05) is 0 Å². The number of likely N-dealkylation sites (N-methyl/N-ethyl adjacent to an activating group) is 2. The first-order chi connectivity index (χ1) is 8.86. The lowest BCUT2D eigenvalue weighted by Gasteiger charge is -2.28. The van der Waals surface area contributed by atoms with Crippen LogP contribution in [0.25, 0.3) is 0 Å². The summed E-state index contributed by atoms with van der Waals surface area (Å²) >= 11 is 0. The molecule has 1 rings (SSSR count). The quantitative estimate of drug-likeness (QED) is 0.800. The molecule has 0 aliphatic carbocycles. The third-order valence-electron chi connectivity index (χ3n) is 3.05. The molecule has 0 radical (unpaired) electrons. The molecule has 0 spiro atoms. The molecule has 0 heterocycles. The summed E-state index contributed by atoms with van der Waals surface area (Å²) in [6.07, 6.45) is 0. The Morgan fingerprint density at radius 3 is 2.11 bits per heavy atom. The molecule has 0 aliphatic rings. The lowest BCUT2D eigenvalue weighted by Crippen LogP contribution is -2.36. The van der Waals surface area contributed by atoms with E-state index in [0.29, 0.717) is 12.6 Å². The number of nitrogens with two attached hydrogens (primary N) is 1. The van der Waals surface area contributed by atoms with Crippen LogP contribution in [-0.4, -0.2) is 50.6 Å². The van der Waals surface area contributed by atoms with Gasteiger partial charge in [-0.3, -0.25) is 4.90 Å². The van der Waals surface area contributed by atoms with E-state index in [9.17, 15) is 13.2 Å². The largest absolute Gasteiger partial charge is 0.329 e. The van der Waals surface area contributed by atoms with Crippen LogP contribution < -0.4 is 5.73 Å². The predicted octanol–water partition coefficient (Wildman–Crippen LogP) is 1.60. The molecule has 2 N–H and O–H groups in total. The van der Waals surface area contributed by atoms with Gasteiger partial charge in [-0.2, -0.15) is 0 Å². The van der Waals surface area contributed by atoms with E-state index in [-0.39, 0.29) is 12.1 Å². The zero-order valence-corrected chi connectivity index (χ0v) is 11.5. The molecule has 1 aromatic carbocycles. The summed E-state index contributed by atoms with van der Waals surface area (Å²) in [5, 5.41) is 0. The van der Waals surface area contributed by atoms with Gasteiger partial charge in [0.1, 0.15) is 5.82 Å². The number of rotatable bonds is 6. The van der Waals surface area contributed by atoms with Crippen molar-refractivity contribution in [2.75, 3.05) is 40.8 Å². The third-order valence-corrected chi connectivity index (χ3v) is 3.05. The summed E-state index contributed by atoms with van der Waals surface area (Å²) in [4.78, 5) is 3.81. The highest BCUT2D eigenvalue weighted by Gasteiger charge is 2.21. The van der Waals surface area contributed by atoms with Gasteiger partial charge in [0.25, 0.3) is 0 Å². The number of halogens is 3. The van der Waals surface area contributed by atoms with E-state index in [1.54, 1.807) is 7.05 Å². The maximum absolute atomic E-state index is 13.7. The van der Waals surface area contributed by atoms with Gasteiger partial charge in [0.05, 0.1) is 0 Å². The number of nitrogens with zero attached hydrogens (tertiary/aromatic N) is 2. The van der Waals surface area contributed by atoms with Crippen molar-refractivity contribution in [3.05, 3.63) is 35.1 Å². The first kappa shape index (κ1) is 15.9. The Labute approximate surface area is 111 Å². The Balaban J connectivity index is 2.93. The highest BCUT2D eigenvalue weighted by atomic mass is 19.2. The van der Waals surface area contributed by atoms with Gasteiger partial charge in [-0.05, 0) is 27.2 Å². The molecule has 6 heteroatoms. The standard InChI is InChI=1S/C13H20F3N3/c1-18(2)4-5-19(3)13(8-17)9-6-11(15)12(16)7-10(9)14/h6-7,13H,4-5,8,17H2,1-3H3. The maximum atomic E-state index is 13.7. The molecule has 0 aromatic heterocycles. The molecular weight excluding hydrogens is 255 g/mol. The molecule has 1 unspecified atom stereocenters. The fraction of sp³-hybridized carbons (Fsp3) is 0.538. The van der Waals surface area contributed by atoms with Crippen molar-refractivity contribution in [2.45, 2.75) is 6.04 Å². The molecule has 0 fully saturated rings. The molecular formula is C13H20F3N3. The molecule has 19 heavy (non-hydrogen) atoms. The topological polar surface area (TPSA) is 32.5 Å². The first-order valence-corrected chi connectivity index (χ1v) is 6.06. The molecule has 3 nitrogen and oxygen atoms in total. The Hall–Kier alpha value is -1.11. The Bertz CT molecular complexity index is 424. The molecule has 1 aromatic rings. The molecule has 0 amide bonds. The van der Waals surface area contributed by atoms with Crippen molar-refractivity contribution in [3.8, 4) is 0 Å². The minimum absolute atomic E-state index is 0.0858. The Morgan fingerprint density at radius 2 is 1.58 bits per heavy atom. The summed E-state index contributed by atoms with van der Waals surface area (Å²) in [6.45, 7) is 1.54. The third kappa shape index (κ3) is 4.19. The average Bonchev–Trinajstić information content (AvgIpc) is 2.33. The summed E-state index contributed by atoms with van der Waals surface area (Å²) in [5.41, 5.74) is 5.72. The van der Waals surface area contributed by atoms with E-state index >= 15 is 0 Å². The minimum Gasteiger partial charge on any atom is -0.329 e. The zero-order chi connectivity index (χ0) is 14.6. The first-order valence-electron chi connectivity index (χ1n) is 6.06. The highest BCUT2D eigenvalue weighted by molar-refractivity contribution is 5.24. The molecule has 0 saturated carbocycles. The van der Waals surface area contributed by atoms with Crippen LogP contribution in [0.3, 0.4) is 0 Å². The average molecular weight is 275 g/mol. The van der Waals surface area contributed by atoms with E-state index in [4.69, 9.17) is 5.73 Å². The van der Waals surface area contributed by atoms with Gasteiger partial charge < -0.3 is 10.6 Å². The summed E-state index contributed by atoms with van der Waals surface area (Å²) in [6, 6.07) is 0.969. The van der Waals surface area contributed by atoms with Crippen LogP contribution in [-0.2, 0) is 0 Å². The van der Waals surface area contributed by atoms with E-state index in [0.717, 1.165) is 12.6 Å². The summed E-state index contributed by atoms with van der Waals surface area (Å²) < 4.78 is 39.9. The van der Waals surface area contributed by atoms with E-state index in [2.05, 4.69) is 0 Å². The SMILES string of the molecule is CN(C)CCN(C)C(CN)c1cc(F)c(F)cc1F. The van der Waals surface area contributed by atoms with Crippen molar-refractivity contribution in [2.24, 2.45) is 5.73 Å². The monoisotopic (exact) mass is 275 g/mol. The van der Waals surface area contributed by atoms with Crippen LogP contribution >= 0.6 is 0 Å². The fourth-order valence-corrected chi connectivity index (χ4v) is 1.85. The second-order valence-corrected chi connectivity index (χ2v) is 4.82. The Morgan fingerprint density at radius 1 is 1.00 bits per heavy atom. The lowest BCUT2D eigenvalue weighted by molar-refractivity contribution is 0.218. The number of benzene rings is 1. The lowest BCUT2D eigenvalue weighted by atomic mass is 10.0. The van der Waals surface area contributed by atoms with Crippen molar-refractivity contribution in [1.82, 2.24) is 9.80 Å². The predicted molar refractivity (Wildman–Crippen MR) is 69.3 cm³/mol. The molecule has 0 saturated heterocycles. The van der Waals surface area contributed by atoms with E-state index < -0.39 is 23.5 Å². The molecule has 0 bridgehead atoms. The fourth-order valence-electron chi connectivity index (χ4n) is 1.85. The van der Waals surface area contributed by atoms with E-state index in [1.165, 1.54) is 0 Å².